The van der Waals surface area contributed by atoms with Gasteiger partial charge in [-0.05, 0) is 25.0 Å². The molecular formula is C13H19N3O3S. The minimum absolute atomic E-state index is 0.0181. The molecule has 6 nitrogen and oxygen atoms in total. The van der Waals surface area contributed by atoms with Crippen molar-refractivity contribution in [2.24, 2.45) is 5.92 Å². The molecule has 1 unspecified atom stereocenters. The second-order valence-corrected chi connectivity index (χ2v) is 7.24. The first-order chi connectivity index (χ1) is 9.48. The van der Waals surface area contributed by atoms with Crippen LogP contribution in [0.25, 0.3) is 0 Å². The lowest BCUT2D eigenvalue weighted by atomic mass is 10.1. The number of rotatable bonds is 5. The molecule has 1 saturated heterocycles. The van der Waals surface area contributed by atoms with Crippen molar-refractivity contribution in [3.05, 3.63) is 24.0 Å². The van der Waals surface area contributed by atoms with Gasteiger partial charge in [-0.25, -0.2) is 8.42 Å². The van der Waals surface area contributed by atoms with E-state index in [4.69, 9.17) is 0 Å². The van der Waals surface area contributed by atoms with Crippen molar-refractivity contribution in [2.75, 3.05) is 29.9 Å². The number of aromatic nitrogens is 1. The van der Waals surface area contributed by atoms with Gasteiger partial charge in [0.15, 0.2) is 9.84 Å². The van der Waals surface area contributed by atoms with Crippen LogP contribution in [0.15, 0.2) is 18.5 Å². The highest BCUT2D eigenvalue weighted by Gasteiger charge is 2.32. The molecule has 0 spiro atoms. The number of nitrogens with zero attached hydrogens (tertiary/aromatic N) is 1. The summed E-state index contributed by atoms with van der Waals surface area (Å²) in [7, 11) is -3.00. The summed E-state index contributed by atoms with van der Waals surface area (Å²) in [6, 6.07) is 1.88. The smallest absolute Gasteiger partial charge is 0.224 e. The zero-order valence-corrected chi connectivity index (χ0v) is 12.2. The molecule has 0 bridgehead atoms. The van der Waals surface area contributed by atoms with E-state index in [1.165, 1.54) is 0 Å². The quantitative estimate of drug-likeness (QED) is 0.766. The van der Waals surface area contributed by atoms with Crippen LogP contribution in [0.4, 0.5) is 5.69 Å². The number of carbonyl (C=O) groups excluding carboxylic acids is 1. The Morgan fingerprint density at radius 1 is 1.45 bits per heavy atom. The Kier molecular flexibility index (Phi) is 4.59. The van der Waals surface area contributed by atoms with Crippen molar-refractivity contribution >= 4 is 21.4 Å². The second kappa shape index (κ2) is 6.21. The minimum Gasteiger partial charge on any atom is -0.383 e. The highest BCUT2D eigenvalue weighted by Crippen LogP contribution is 2.18. The predicted octanol–water partition coefficient (Wildman–Crippen LogP) is 0.353. The minimum atomic E-state index is -3.00. The molecule has 1 amide bonds. The number of nitrogens with one attached hydrogen (secondary N) is 2. The number of amides is 1. The van der Waals surface area contributed by atoms with Crippen molar-refractivity contribution in [1.82, 2.24) is 10.3 Å². The number of aryl methyl sites for hydroxylation is 1. The van der Waals surface area contributed by atoms with E-state index in [0.717, 1.165) is 11.3 Å². The van der Waals surface area contributed by atoms with E-state index < -0.39 is 9.84 Å². The average Bonchev–Trinajstić information content (AvgIpc) is 2.77. The molecule has 7 heteroatoms. The van der Waals surface area contributed by atoms with E-state index in [1.807, 2.05) is 13.0 Å². The molecule has 0 aromatic carbocycles. The van der Waals surface area contributed by atoms with Gasteiger partial charge in [-0.1, -0.05) is 0 Å². The normalized spacial score (nSPS) is 20.6. The van der Waals surface area contributed by atoms with E-state index in [9.17, 15) is 13.2 Å². The van der Waals surface area contributed by atoms with Crippen LogP contribution in [0.3, 0.4) is 0 Å². The molecular weight excluding hydrogens is 278 g/mol. The zero-order valence-electron chi connectivity index (χ0n) is 11.4. The Morgan fingerprint density at radius 2 is 2.25 bits per heavy atom. The van der Waals surface area contributed by atoms with Crippen LogP contribution in [-0.4, -0.2) is 43.9 Å². The summed E-state index contributed by atoms with van der Waals surface area (Å²) in [5.41, 5.74) is 2.03. The number of carbonyl (C=O) groups is 1. The fourth-order valence-electron chi connectivity index (χ4n) is 2.20. The van der Waals surface area contributed by atoms with Gasteiger partial charge in [0.2, 0.25) is 5.91 Å². The lowest BCUT2D eigenvalue weighted by molar-refractivity contribution is -0.124. The first kappa shape index (κ1) is 14.8. The summed E-state index contributed by atoms with van der Waals surface area (Å²) in [5.74, 6) is -0.447. The molecule has 110 valence electrons. The topological polar surface area (TPSA) is 88.2 Å². The van der Waals surface area contributed by atoms with Crippen LogP contribution in [0.2, 0.25) is 0 Å². The maximum atomic E-state index is 11.8. The van der Waals surface area contributed by atoms with Gasteiger partial charge in [0.25, 0.3) is 0 Å². The Balaban J connectivity index is 1.71. The molecule has 1 aromatic rings. The van der Waals surface area contributed by atoms with Gasteiger partial charge in [-0.3, -0.25) is 9.78 Å². The molecule has 1 aromatic heterocycles. The molecule has 2 rings (SSSR count). The number of hydrogen-bond acceptors (Lipinski definition) is 5. The number of sulfone groups is 1. The van der Waals surface area contributed by atoms with Crippen LogP contribution >= 0.6 is 0 Å². The van der Waals surface area contributed by atoms with E-state index >= 15 is 0 Å². The number of pyridine rings is 1. The fourth-order valence-corrected chi connectivity index (χ4v) is 3.94. The van der Waals surface area contributed by atoms with Crippen LogP contribution in [0.5, 0.6) is 0 Å². The lowest BCUT2D eigenvalue weighted by Gasteiger charge is -2.11. The molecule has 0 radical (unpaired) electrons. The first-order valence-electron chi connectivity index (χ1n) is 6.60. The van der Waals surface area contributed by atoms with E-state index in [1.54, 1.807) is 12.4 Å². The molecule has 1 fully saturated rings. The van der Waals surface area contributed by atoms with Gasteiger partial charge in [0, 0.05) is 31.2 Å². The van der Waals surface area contributed by atoms with Crippen molar-refractivity contribution in [3.8, 4) is 0 Å². The van der Waals surface area contributed by atoms with Crippen LogP contribution in [0.1, 0.15) is 12.0 Å². The van der Waals surface area contributed by atoms with Crippen molar-refractivity contribution in [1.29, 1.82) is 0 Å². The summed E-state index contributed by atoms with van der Waals surface area (Å²) >= 11 is 0. The van der Waals surface area contributed by atoms with E-state index in [2.05, 4.69) is 15.6 Å². The van der Waals surface area contributed by atoms with Crippen LogP contribution < -0.4 is 10.6 Å². The molecule has 20 heavy (non-hydrogen) atoms. The number of hydrogen-bond donors (Lipinski definition) is 2. The maximum absolute atomic E-state index is 11.8. The van der Waals surface area contributed by atoms with Gasteiger partial charge < -0.3 is 10.6 Å². The summed E-state index contributed by atoms with van der Waals surface area (Å²) in [6.07, 6.45) is 3.91. The third-order valence-electron chi connectivity index (χ3n) is 3.36. The van der Waals surface area contributed by atoms with Gasteiger partial charge in [0.05, 0.1) is 17.4 Å². The first-order valence-corrected chi connectivity index (χ1v) is 8.43. The third-order valence-corrected chi connectivity index (χ3v) is 5.13. The van der Waals surface area contributed by atoms with Gasteiger partial charge >= 0.3 is 0 Å². The molecule has 0 aliphatic carbocycles. The van der Waals surface area contributed by atoms with Crippen LogP contribution in [0, 0.1) is 12.8 Å². The summed E-state index contributed by atoms with van der Waals surface area (Å²) < 4.78 is 22.6. The lowest BCUT2D eigenvalue weighted by Crippen LogP contribution is -2.34. The predicted molar refractivity (Wildman–Crippen MR) is 77.2 cm³/mol. The summed E-state index contributed by atoms with van der Waals surface area (Å²) in [5, 5.41) is 5.97. The third kappa shape index (κ3) is 3.93. The average molecular weight is 297 g/mol. The Morgan fingerprint density at radius 3 is 2.90 bits per heavy atom. The zero-order chi connectivity index (χ0) is 14.6. The fraction of sp³-hybridized carbons (Fsp3) is 0.538. The molecule has 0 saturated carbocycles. The number of anilines is 1. The molecule has 2 N–H and O–H groups in total. The Hall–Kier alpha value is -1.63. The highest BCUT2D eigenvalue weighted by molar-refractivity contribution is 7.91. The van der Waals surface area contributed by atoms with Gasteiger partial charge in [-0.15, -0.1) is 0 Å². The van der Waals surface area contributed by atoms with E-state index in [-0.39, 0.29) is 23.3 Å². The SMILES string of the molecule is Cc1cnccc1NCCNC(=O)C1CCS(=O)(=O)C1. The molecule has 1 atom stereocenters. The highest BCUT2D eigenvalue weighted by atomic mass is 32.2. The molecule has 1 aliphatic rings. The van der Waals surface area contributed by atoms with Crippen molar-refractivity contribution < 1.29 is 13.2 Å². The van der Waals surface area contributed by atoms with Gasteiger partial charge in [-0.2, -0.15) is 0 Å². The molecule has 1 aliphatic heterocycles. The Labute approximate surface area is 118 Å². The van der Waals surface area contributed by atoms with Crippen molar-refractivity contribution in [3.63, 3.8) is 0 Å². The second-order valence-electron chi connectivity index (χ2n) is 5.01. The molecule has 2 heterocycles. The Bertz CT molecular complexity index is 586. The standard InChI is InChI=1S/C13H19N3O3S/c1-10-8-14-4-2-12(10)15-5-6-16-13(17)11-3-7-20(18,19)9-11/h2,4,8,11H,3,5-7,9H2,1H3,(H,14,15)(H,16,17). The van der Waals surface area contributed by atoms with Gasteiger partial charge in [0.1, 0.15) is 0 Å². The maximum Gasteiger partial charge on any atom is 0.224 e. The monoisotopic (exact) mass is 297 g/mol. The van der Waals surface area contributed by atoms with Crippen molar-refractivity contribution in [2.45, 2.75) is 13.3 Å². The summed E-state index contributed by atoms with van der Waals surface area (Å²) in [4.78, 5) is 15.8. The van der Waals surface area contributed by atoms with Crippen LogP contribution in [-0.2, 0) is 14.6 Å². The van der Waals surface area contributed by atoms with E-state index in [0.29, 0.717) is 19.5 Å². The largest absolute Gasteiger partial charge is 0.383 e. The summed E-state index contributed by atoms with van der Waals surface area (Å²) in [6.45, 7) is 3.02.